The number of nitrogens with two attached hydrogens (primary N) is 1. The van der Waals surface area contributed by atoms with Crippen LogP contribution < -0.4 is 11.1 Å². The van der Waals surface area contributed by atoms with E-state index in [-0.39, 0.29) is 23.5 Å². The largest absolute Gasteiger partial charge is 0.324 e. The van der Waals surface area contributed by atoms with Crippen molar-refractivity contribution in [3.05, 3.63) is 29.6 Å². The number of hydrogen-bond acceptors (Lipinski definition) is 3. The van der Waals surface area contributed by atoms with E-state index in [9.17, 15) is 9.18 Å². The number of carbonyl (C=O) groups excluding carboxylic acids is 1. The first kappa shape index (κ1) is 14.9. The van der Waals surface area contributed by atoms with E-state index in [1.807, 2.05) is 0 Å². The van der Waals surface area contributed by atoms with Gasteiger partial charge in [-0.2, -0.15) is 0 Å². The van der Waals surface area contributed by atoms with E-state index in [2.05, 4.69) is 17.2 Å². The van der Waals surface area contributed by atoms with E-state index >= 15 is 0 Å². The second-order valence-electron chi connectivity index (χ2n) is 4.54. The number of carbonyl (C=O) groups is 1. The smallest absolute Gasteiger partial charge is 0.237 e. The molecule has 0 spiro atoms. The van der Waals surface area contributed by atoms with Gasteiger partial charge in [0, 0.05) is 0 Å². The normalized spacial score (nSPS) is 18.0. The van der Waals surface area contributed by atoms with Gasteiger partial charge in [-0.3, -0.25) is 4.79 Å². The fourth-order valence-electron chi connectivity index (χ4n) is 2.04. The lowest BCUT2D eigenvalue weighted by molar-refractivity contribution is -0.115. The molecule has 1 fully saturated rings. The van der Waals surface area contributed by atoms with Crippen molar-refractivity contribution in [1.82, 2.24) is 0 Å². The zero-order valence-electron chi connectivity index (χ0n) is 11.1. The number of amides is 1. The van der Waals surface area contributed by atoms with Crippen molar-refractivity contribution in [1.29, 1.82) is 0 Å². The summed E-state index contributed by atoms with van der Waals surface area (Å²) in [6, 6.07) is 4.17. The molecule has 0 aromatic heterocycles. The van der Waals surface area contributed by atoms with Gasteiger partial charge < -0.3 is 11.1 Å². The molecule has 1 aromatic rings. The fourth-order valence-corrected chi connectivity index (χ4v) is 3.23. The minimum absolute atomic E-state index is 0.0240. The molecule has 1 heterocycles. The molecule has 3 nitrogen and oxygen atoms in total. The topological polar surface area (TPSA) is 55.1 Å². The second kappa shape index (κ2) is 7.32. The maximum Gasteiger partial charge on any atom is 0.237 e. The number of hydrogen-bond donors (Lipinski definition) is 2. The Morgan fingerprint density at radius 1 is 1.50 bits per heavy atom. The first-order chi connectivity index (χ1) is 9.70. The molecular weight excluding hydrogens is 275 g/mol. The van der Waals surface area contributed by atoms with Crippen LogP contribution in [0.2, 0.25) is 0 Å². The molecular formula is C15H17FN2OS. The van der Waals surface area contributed by atoms with Crippen molar-refractivity contribution in [3.63, 3.8) is 0 Å². The van der Waals surface area contributed by atoms with Gasteiger partial charge in [0.05, 0.1) is 23.0 Å². The number of benzene rings is 1. The van der Waals surface area contributed by atoms with Crippen LogP contribution >= 0.6 is 11.8 Å². The number of halogens is 1. The van der Waals surface area contributed by atoms with E-state index in [0.717, 1.165) is 25.0 Å². The third-order valence-corrected chi connectivity index (χ3v) is 4.41. The first-order valence-electron chi connectivity index (χ1n) is 6.61. The summed E-state index contributed by atoms with van der Waals surface area (Å²) >= 11 is 1.68. The third-order valence-electron chi connectivity index (χ3n) is 3.04. The van der Waals surface area contributed by atoms with Crippen molar-refractivity contribution >= 4 is 23.4 Å². The molecule has 1 unspecified atom stereocenters. The Bertz CT molecular complexity index is 545. The molecule has 0 aliphatic carbocycles. The number of thioether (sulfide) groups is 1. The monoisotopic (exact) mass is 292 g/mol. The molecule has 1 aliphatic rings. The summed E-state index contributed by atoms with van der Waals surface area (Å²) in [5.74, 6) is 6.07. The van der Waals surface area contributed by atoms with Crippen molar-refractivity contribution < 1.29 is 9.18 Å². The number of rotatable bonds is 2. The van der Waals surface area contributed by atoms with Gasteiger partial charge >= 0.3 is 0 Å². The average molecular weight is 292 g/mol. The van der Waals surface area contributed by atoms with Crippen molar-refractivity contribution in [2.45, 2.75) is 24.5 Å². The summed E-state index contributed by atoms with van der Waals surface area (Å²) in [4.78, 5) is 12.2. The van der Waals surface area contributed by atoms with Crippen LogP contribution in [-0.4, -0.2) is 23.5 Å². The number of anilines is 1. The molecule has 1 saturated heterocycles. The van der Waals surface area contributed by atoms with Gasteiger partial charge in [-0.25, -0.2) is 4.39 Å². The van der Waals surface area contributed by atoms with Gasteiger partial charge in [-0.15, -0.1) is 11.8 Å². The highest BCUT2D eigenvalue weighted by atomic mass is 32.2. The van der Waals surface area contributed by atoms with E-state index in [1.54, 1.807) is 17.8 Å². The highest BCUT2D eigenvalue weighted by Crippen LogP contribution is 2.26. The van der Waals surface area contributed by atoms with Crippen LogP contribution in [0.4, 0.5) is 10.1 Å². The van der Waals surface area contributed by atoms with Gasteiger partial charge in [0.25, 0.3) is 0 Å². The Balaban J connectivity index is 2.13. The maximum atomic E-state index is 13.3. The zero-order chi connectivity index (χ0) is 14.4. The van der Waals surface area contributed by atoms with Gasteiger partial charge in [0.2, 0.25) is 5.91 Å². The molecule has 0 saturated carbocycles. The van der Waals surface area contributed by atoms with Gasteiger partial charge in [-0.05, 0) is 36.8 Å². The highest BCUT2D eigenvalue weighted by Gasteiger charge is 2.22. The lowest BCUT2D eigenvalue weighted by Gasteiger charge is -2.20. The van der Waals surface area contributed by atoms with Crippen molar-refractivity contribution in [2.75, 3.05) is 17.6 Å². The summed E-state index contributed by atoms with van der Waals surface area (Å²) < 4.78 is 13.3. The Labute approximate surface area is 122 Å². The fraction of sp³-hybridized carbons (Fsp3) is 0.400. The molecule has 5 heteroatoms. The average Bonchev–Trinajstić information content (AvgIpc) is 2.48. The van der Waals surface area contributed by atoms with Gasteiger partial charge in [-0.1, -0.05) is 18.3 Å². The maximum absolute atomic E-state index is 13.3. The van der Waals surface area contributed by atoms with Crippen LogP contribution in [0.3, 0.4) is 0 Å². The summed E-state index contributed by atoms with van der Waals surface area (Å²) in [5, 5.41) is 2.82. The Hall–Kier alpha value is -1.51. The summed E-state index contributed by atoms with van der Waals surface area (Å²) in [7, 11) is 0. The van der Waals surface area contributed by atoms with E-state index < -0.39 is 0 Å². The third kappa shape index (κ3) is 3.99. The van der Waals surface area contributed by atoms with Crippen molar-refractivity contribution in [3.8, 4) is 11.8 Å². The van der Waals surface area contributed by atoms with Crippen molar-refractivity contribution in [2.24, 2.45) is 5.73 Å². The zero-order valence-corrected chi connectivity index (χ0v) is 11.9. The van der Waals surface area contributed by atoms with Crippen LogP contribution in [0.1, 0.15) is 24.8 Å². The highest BCUT2D eigenvalue weighted by molar-refractivity contribution is 8.00. The standard InChI is InChI=1S/C15H17FN2OS/c16-12-6-7-13(11(10-12)4-3-8-17)18-15(19)14-5-1-2-9-20-14/h6-7,10,14H,1-2,5,8-9,17H2,(H,18,19). The minimum atomic E-state index is -0.378. The number of nitrogens with one attached hydrogen (secondary N) is 1. The van der Waals surface area contributed by atoms with Crippen LogP contribution in [-0.2, 0) is 4.79 Å². The predicted molar refractivity (Wildman–Crippen MR) is 81.1 cm³/mol. The predicted octanol–water partition coefficient (Wildman–Crippen LogP) is 2.36. The SMILES string of the molecule is NCC#Cc1cc(F)ccc1NC(=O)C1CCCCS1. The molecule has 1 aromatic carbocycles. The molecule has 1 atom stereocenters. The molecule has 2 rings (SSSR count). The molecule has 0 bridgehead atoms. The quantitative estimate of drug-likeness (QED) is 0.823. The van der Waals surface area contributed by atoms with Crippen LogP contribution in [0.25, 0.3) is 0 Å². The summed E-state index contributed by atoms with van der Waals surface area (Å²) in [5.41, 5.74) is 6.33. The molecule has 1 aliphatic heterocycles. The van der Waals surface area contributed by atoms with Gasteiger partial charge in [0.15, 0.2) is 0 Å². The van der Waals surface area contributed by atoms with Crippen LogP contribution in [0.15, 0.2) is 18.2 Å². The second-order valence-corrected chi connectivity index (χ2v) is 5.85. The minimum Gasteiger partial charge on any atom is -0.324 e. The van der Waals surface area contributed by atoms with Gasteiger partial charge in [0.1, 0.15) is 5.82 Å². The van der Waals surface area contributed by atoms with E-state index in [4.69, 9.17) is 5.73 Å². The molecule has 1 amide bonds. The van der Waals surface area contributed by atoms with Crippen LogP contribution in [0.5, 0.6) is 0 Å². The molecule has 20 heavy (non-hydrogen) atoms. The molecule has 106 valence electrons. The van der Waals surface area contributed by atoms with E-state index in [1.165, 1.54) is 12.1 Å². The molecule has 3 N–H and O–H groups in total. The lowest BCUT2D eigenvalue weighted by Crippen LogP contribution is -2.27. The Morgan fingerprint density at radius 2 is 2.35 bits per heavy atom. The summed E-state index contributed by atoms with van der Waals surface area (Å²) in [6.45, 7) is 0.197. The summed E-state index contributed by atoms with van der Waals surface area (Å²) in [6.07, 6.45) is 3.13. The Kier molecular flexibility index (Phi) is 5.45. The first-order valence-corrected chi connectivity index (χ1v) is 7.66. The lowest BCUT2D eigenvalue weighted by atomic mass is 10.1. The van der Waals surface area contributed by atoms with E-state index in [0.29, 0.717) is 11.3 Å². The molecule has 0 radical (unpaired) electrons. The van der Waals surface area contributed by atoms with Crippen LogP contribution in [0, 0.1) is 17.7 Å². The Morgan fingerprint density at radius 3 is 3.05 bits per heavy atom.